The van der Waals surface area contributed by atoms with Gasteiger partial charge in [-0.2, -0.15) is 0 Å². The third kappa shape index (κ3) is 4.07. The molecule has 2 fully saturated rings. The van der Waals surface area contributed by atoms with E-state index < -0.39 is 17.9 Å². The fourth-order valence-corrected chi connectivity index (χ4v) is 2.74. The van der Waals surface area contributed by atoms with Crippen molar-refractivity contribution in [3.63, 3.8) is 0 Å². The molecular formula is C13H22N4O4. The van der Waals surface area contributed by atoms with Gasteiger partial charge in [-0.15, -0.1) is 0 Å². The molecule has 2 aliphatic rings. The van der Waals surface area contributed by atoms with E-state index in [1.165, 1.54) is 4.90 Å². The molecule has 2 heterocycles. The number of rotatable bonds is 3. The number of nitrogens with one attached hydrogen (secondary N) is 2. The number of aliphatic carboxylic acids is 1. The first kappa shape index (κ1) is 15.6. The van der Waals surface area contributed by atoms with Crippen LogP contribution in [0, 0.1) is 0 Å². The molecule has 2 rings (SSSR count). The molecule has 2 aliphatic heterocycles. The predicted octanol–water partition coefficient (Wildman–Crippen LogP) is -0.935. The number of piperidine rings is 1. The zero-order valence-electron chi connectivity index (χ0n) is 12.2. The third-order valence-electron chi connectivity index (χ3n) is 4.01. The molecule has 21 heavy (non-hydrogen) atoms. The van der Waals surface area contributed by atoms with Crippen molar-refractivity contribution >= 4 is 17.9 Å². The number of amides is 3. The average molecular weight is 298 g/mol. The Balaban J connectivity index is 1.95. The van der Waals surface area contributed by atoms with E-state index in [1.54, 1.807) is 0 Å². The van der Waals surface area contributed by atoms with Crippen LogP contribution in [0.2, 0.25) is 0 Å². The summed E-state index contributed by atoms with van der Waals surface area (Å²) in [5.41, 5.74) is 0. The smallest absolute Gasteiger partial charge is 0.318 e. The van der Waals surface area contributed by atoms with Gasteiger partial charge in [0, 0.05) is 19.1 Å². The molecule has 3 N–H and O–H groups in total. The number of hydrogen-bond donors (Lipinski definition) is 3. The number of carboxylic acid groups (broad SMARTS) is 1. The fourth-order valence-electron chi connectivity index (χ4n) is 2.74. The average Bonchev–Trinajstić information content (AvgIpc) is 2.43. The summed E-state index contributed by atoms with van der Waals surface area (Å²) in [7, 11) is 2.04. The number of piperazine rings is 1. The van der Waals surface area contributed by atoms with E-state index in [2.05, 4.69) is 15.5 Å². The number of urea groups is 1. The lowest BCUT2D eigenvalue weighted by atomic mass is 10.1. The maximum absolute atomic E-state index is 12.3. The second-order valence-corrected chi connectivity index (χ2v) is 5.63. The number of carboxylic acids is 1. The number of likely N-dealkylation sites (tertiary alicyclic amines) is 1. The summed E-state index contributed by atoms with van der Waals surface area (Å²) in [6.45, 7) is 2.53. The van der Waals surface area contributed by atoms with E-state index in [0.29, 0.717) is 13.1 Å². The molecule has 8 nitrogen and oxygen atoms in total. The zero-order chi connectivity index (χ0) is 15.4. The molecule has 0 spiro atoms. The first-order chi connectivity index (χ1) is 9.97. The van der Waals surface area contributed by atoms with E-state index in [9.17, 15) is 14.4 Å². The highest BCUT2D eigenvalue weighted by atomic mass is 16.4. The van der Waals surface area contributed by atoms with Crippen LogP contribution in [-0.4, -0.2) is 78.1 Å². The molecule has 0 aliphatic carbocycles. The highest BCUT2D eigenvalue weighted by Gasteiger charge is 2.35. The van der Waals surface area contributed by atoms with Crippen LogP contribution in [0.25, 0.3) is 0 Å². The van der Waals surface area contributed by atoms with Crippen LogP contribution in [-0.2, 0) is 9.59 Å². The summed E-state index contributed by atoms with van der Waals surface area (Å²) in [6.07, 6.45) is 1.37. The normalized spacial score (nSPS) is 24.5. The van der Waals surface area contributed by atoms with E-state index >= 15 is 0 Å². The lowest BCUT2D eigenvalue weighted by Crippen LogP contribution is -2.61. The van der Waals surface area contributed by atoms with Gasteiger partial charge < -0.3 is 25.5 Å². The lowest BCUT2D eigenvalue weighted by molar-refractivity contribution is -0.142. The number of nitrogens with zero attached hydrogens (tertiary/aromatic N) is 2. The van der Waals surface area contributed by atoms with Crippen molar-refractivity contribution in [3.05, 3.63) is 0 Å². The first-order valence-corrected chi connectivity index (χ1v) is 7.22. The van der Waals surface area contributed by atoms with Crippen molar-refractivity contribution in [1.29, 1.82) is 0 Å². The zero-order valence-corrected chi connectivity index (χ0v) is 12.2. The van der Waals surface area contributed by atoms with Gasteiger partial charge in [0.15, 0.2) is 0 Å². The van der Waals surface area contributed by atoms with Gasteiger partial charge in [-0.3, -0.25) is 9.59 Å². The molecule has 0 bridgehead atoms. The second kappa shape index (κ2) is 6.75. The van der Waals surface area contributed by atoms with Crippen molar-refractivity contribution in [1.82, 2.24) is 20.4 Å². The molecule has 2 saturated heterocycles. The van der Waals surface area contributed by atoms with Crippen LogP contribution in [0.1, 0.15) is 19.3 Å². The summed E-state index contributed by atoms with van der Waals surface area (Å²) in [5.74, 6) is -1.49. The SMILES string of the molecule is CN1CCC(NC(=O)N2CCNC(=O)C2CC(=O)O)CC1. The molecule has 118 valence electrons. The maximum atomic E-state index is 12.3. The van der Waals surface area contributed by atoms with Gasteiger partial charge in [-0.1, -0.05) is 0 Å². The molecular weight excluding hydrogens is 276 g/mol. The van der Waals surface area contributed by atoms with Crippen LogP contribution in [0.4, 0.5) is 4.79 Å². The standard InChI is InChI=1S/C13H22N4O4/c1-16-5-2-9(3-6-16)15-13(21)17-7-4-14-12(20)10(17)8-11(18)19/h9-10H,2-8H2,1H3,(H,14,20)(H,15,21)(H,18,19). The largest absolute Gasteiger partial charge is 0.481 e. The van der Waals surface area contributed by atoms with Crippen molar-refractivity contribution in [2.45, 2.75) is 31.3 Å². The Morgan fingerprint density at radius 2 is 2.00 bits per heavy atom. The highest BCUT2D eigenvalue weighted by molar-refractivity contribution is 5.91. The molecule has 0 aromatic carbocycles. The summed E-state index contributed by atoms with van der Waals surface area (Å²) in [5, 5.41) is 14.4. The van der Waals surface area contributed by atoms with Crippen LogP contribution in [0.5, 0.6) is 0 Å². The van der Waals surface area contributed by atoms with Gasteiger partial charge in [0.1, 0.15) is 6.04 Å². The van der Waals surface area contributed by atoms with E-state index in [-0.39, 0.29) is 18.5 Å². The summed E-state index contributed by atoms with van der Waals surface area (Å²) < 4.78 is 0. The summed E-state index contributed by atoms with van der Waals surface area (Å²) in [6, 6.07) is -1.18. The van der Waals surface area contributed by atoms with Crippen molar-refractivity contribution in [3.8, 4) is 0 Å². The molecule has 3 amide bonds. The Morgan fingerprint density at radius 3 is 2.62 bits per heavy atom. The fraction of sp³-hybridized carbons (Fsp3) is 0.769. The van der Waals surface area contributed by atoms with Gasteiger partial charge in [0.05, 0.1) is 6.42 Å². The molecule has 0 radical (unpaired) electrons. The van der Waals surface area contributed by atoms with Crippen molar-refractivity contribution < 1.29 is 19.5 Å². The summed E-state index contributed by atoms with van der Waals surface area (Å²) in [4.78, 5) is 38.5. The molecule has 0 saturated carbocycles. The highest BCUT2D eigenvalue weighted by Crippen LogP contribution is 2.12. The topological polar surface area (TPSA) is 102 Å². The number of carbonyl (C=O) groups excluding carboxylic acids is 2. The Kier molecular flexibility index (Phi) is 5.00. The van der Waals surface area contributed by atoms with E-state index in [0.717, 1.165) is 25.9 Å². The van der Waals surface area contributed by atoms with Crippen LogP contribution in [0.15, 0.2) is 0 Å². The maximum Gasteiger partial charge on any atom is 0.318 e. The lowest BCUT2D eigenvalue weighted by Gasteiger charge is -2.36. The molecule has 8 heteroatoms. The predicted molar refractivity (Wildman–Crippen MR) is 74.8 cm³/mol. The Bertz CT molecular complexity index is 420. The minimum absolute atomic E-state index is 0.0872. The van der Waals surface area contributed by atoms with Gasteiger partial charge in [0.25, 0.3) is 0 Å². The van der Waals surface area contributed by atoms with E-state index in [1.807, 2.05) is 7.05 Å². The quantitative estimate of drug-likeness (QED) is 0.624. The van der Waals surface area contributed by atoms with Gasteiger partial charge in [-0.25, -0.2) is 4.79 Å². The third-order valence-corrected chi connectivity index (χ3v) is 4.01. The Hall–Kier alpha value is -1.83. The molecule has 0 aromatic rings. The number of hydrogen-bond acceptors (Lipinski definition) is 4. The van der Waals surface area contributed by atoms with Gasteiger partial charge in [-0.05, 0) is 33.0 Å². The Labute approximate surface area is 123 Å². The van der Waals surface area contributed by atoms with Crippen LogP contribution >= 0.6 is 0 Å². The van der Waals surface area contributed by atoms with Gasteiger partial charge in [0.2, 0.25) is 5.91 Å². The monoisotopic (exact) mass is 298 g/mol. The van der Waals surface area contributed by atoms with Crippen LogP contribution in [0.3, 0.4) is 0 Å². The minimum Gasteiger partial charge on any atom is -0.481 e. The first-order valence-electron chi connectivity index (χ1n) is 7.22. The summed E-state index contributed by atoms with van der Waals surface area (Å²) >= 11 is 0. The van der Waals surface area contributed by atoms with Gasteiger partial charge >= 0.3 is 12.0 Å². The second-order valence-electron chi connectivity index (χ2n) is 5.63. The molecule has 1 atom stereocenters. The van der Waals surface area contributed by atoms with E-state index in [4.69, 9.17) is 5.11 Å². The van der Waals surface area contributed by atoms with Crippen LogP contribution < -0.4 is 10.6 Å². The molecule has 0 aromatic heterocycles. The van der Waals surface area contributed by atoms with Crippen molar-refractivity contribution in [2.24, 2.45) is 0 Å². The van der Waals surface area contributed by atoms with Crippen molar-refractivity contribution in [2.75, 3.05) is 33.2 Å². The Morgan fingerprint density at radius 1 is 1.33 bits per heavy atom. The number of carbonyl (C=O) groups is 3. The minimum atomic E-state index is -1.09. The molecule has 1 unspecified atom stereocenters.